The minimum atomic E-state index is -0.145. The third-order valence-electron chi connectivity index (χ3n) is 4.05. The second-order valence-corrected chi connectivity index (χ2v) is 7.73. The van der Waals surface area contributed by atoms with E-state index in [4.69, 9.17) is 13.9 Å². The summed E-state index contributed by atoms with van der Waals surface area (Å²) >= 11 is 4.67. The van der Waals surface area contributed by atoms with E-state index >= 15 is 0 Å². The van der Waals surface area contributed by atoms with E-state index in [-0.39, 0.29) is 12.4 Å². The maximum absolute atomic E-state index is 12.3. The number of benzene rings is 1. The van der Waals surface area contributed by atoms with Crippen LogP contribution >= 0.6 is 27.7 Å². The zero-order valence-electron chi connectivity index (χ0n) is 14.2. The highest BCUT2D eigenvalue weighted by Crippen LogP contribution is 2.36. The molecule has 0 spiro atoms. The second-order valence-electron chi connectivity index (χ2n) is 5.89. The van der Waals surface area contributed by atoms with Gasteiger partial charge in [-0.05, 0) is 46.3 Å². The zero-order chi connectivity index (χ0) is 19.1. The van der Waals surface area contributed by atoms with Crippen LogP contribution in [0.1, 0.15) is 5.69 Å². The summed E-state index contributed by atoms with van der Waals surface area (Å²) in [7, 11) is 0. The van der Waals surface area contributed by atoms with E-state index in [1.54, 1.807) is 24.4 Å². The lowest BCUT2D eigenvalue weighted by Crippen LogP contribution is -2.15. The van der Waals surface area contributed by atoms with Gasteiger partial charge in [0.15, 0.2) is 11.5 Å². The molecule has 0 saturated carbocycles. The molecule has 0 fully saturated rings. The van der Waals surface area contributed by atoms with E-state index in [0.717, 1.165) is 10.0 Å². The Kier molecular flexibility index (Phi) is 4.29. The summed E-state index contributed by atoms with van der Waals surface area (Å²) in [6.45, 7) is 0.208. The fraction of sp³-hybridized carbons (Fsp3) is 0.111. The number of hydrogen-bond donors (Lipinski definition) is 0. The molecule has 0 aliphatic carbocycles. The van der Waals surface area contributed by atoms with Crippen molar-refractivity contribution in [3.05, 3.63) is 63.1 Å². The number of fused-ring (bicyclic) bond motifs is 2. The van der Waals surface area contributed by atoms with E-state index in [2.05, 4.69) is 31.1 Å². The smallest absolute Gasteiger partial charge is 0.277 e. The van der Waals surface area contributed by atoms with Crippen LogP contribution in [0.4, 0.5) is 0 Å². The molecule has 0 unspecified atom stereocenters. The average Bonchev–Trinajstić information content (AvgIpc) is 3.35. The van der Waals surface area contributed by atoms with E-state index in [9.17, 15) is 4.79 Å². The average molecular weight is 459 g/mol. The molecule has 28 heavy (non-hydrogen) atoms. The van der Waals surface area contributed by atoms with Crippen LogP contribution in [0.2, 0.25) is 0 Å². The monoisotopic (exact) mass is 458 g/mol. The standard InChI is InChI=1S/C18H11BrN4O4S/c19-11-2-4-15-20-12(6-16(24)23(15)7-11)8-28-18-22-21-17(27-18)10-1-3-13-14(5-10)26-9-25-13/h1-7H,8-9H2. The predicted octanol–water partition coefficient (Wildman–Crippen LogP) is 3.53. The topological polar surface area (TPSA) is 91.8 Å². The molecule has 4 aromatic rings. The first kappa shape index (κ1) is 17.3. The minimum Gasteiger partial charge on any atom is -0.454 e. The highest BCUT2D eigenvalue weighted by atomic mass is 79.9. The molecule has 0 N–H and O–H groups in total. The molecule has 1 aliphatic heterocycles. The van der Waals surface area contributed by atoms with Gasteiger partial charge in [0.2, 0.25) is 12.7 Å². The minimum absolute atomic E-state index is 0.145. The fourth-order valence-electron chi connectivity index (χ4n) is 2.75. The zero-order valence-corrected chi connectivity index (χ0v) is 16.6. The maximum atomic E-state index is 12.3. The molecule has 8 nitrogen and oxygen atoms in total. The van der Waals surface area contributed by atoms with Crippen LogP contribution in [0.3, 0.4) is 0 Å². The van der Waals surface area contributed by atoms with E-state index in [1.807, 2.05) is 12.1 Å². The van der Waals surface area contributed by atoms with Crippen LogP contribution < -0.4 is 15.0 Å². The van der Waals surface area contributed by atoms with Crippen LogP contribution in [0.25, 0.3) is 17.1 Å². The largest absolute Gasteiger partial charge is 0.454 e. The SMILES string of the molecule is O=c1cc(CSc2nnc(-c3ccc4c(c3)OCO4)o2)nc2ccc(Br)cn12. The number of nitrogens with zero attached hydrogens (tertiary/aromatic N) is 4. The highest BCUT2D eigenvalue weighted by Gasteiger charge is 2.17. The van der Waals surface area contributed by atoms with Crippen molar-refractivity contribution in [2.45, 2.75) is 11.0 Å². The molecule has 10 heteroatoms. The first-order valence-electron chi connectivity index (χ1n) is 8.20. The van der Waals surface area contributed by atoms with Gasteiger partial charge >= 0.3 is 0 Å². The summed E-state index contributed by atoms with van der Waals surface area (Å²) in [5, 5.41) is 8.52. The summed E-state index contributed by atoms with van der Waals surface area (Å²) in [5.74, 6) is 2.16. The Balaban J connectivity index is 1.34. The molecule has 5 rings (SSSR count). The van der Waals surface area contributed by atoms with Gasteiger partial charge in [-0.2, -0.15) is 0 Å². The molecule has 1 aliphatic rings. The maximum Gasteiger partial charge on any atom is 0.277 e. The van der Waals surface area contributed by atoms with Crippen molar-refractivity contribution in [1.82, 2.24) is 19.6 Å². The lowest BCUT2D eigenvalue weighted by atomic mass is 10.2. The molecule has 0 atom stereocenters. The molecule has 3 aromatic heterocycles. The number of pyridine rings is 1. The van der Waals surface area contributed by atoms with Gasteiger partial charge in [0.05, 0.1) is 5.69 Å². The summed E-state index contributed by atoms with van der Waals surface area (Å²) in [6, 6.07) is 10.6. The Hall–Kier alpha value is -2.85. The van der Waals surface area contributed by atoms with Gasteiger partial charge in [0.25, 0.3) is 10.8 Å². The third-order valence-corrected chi connectivity index (χ3v) is 5.37. The van der Waals surface area contributed by atoms with Crippen LogP contribution in [-0.4, -0.2) is 26.4 Å². The number of hydrogen-bond acceptors (Lipinski definition) is 8. The molecule has 0 radical (unpaired) electrons. The number of ether oxygens (including phenoxy) is 2. The van der Waals surface area contributed by atoms with Crippen LogP contribution in [0.5, 0.6) is 11.5 Å². The summed E-state index contributed by atoms with van der Waals surface area (Å²) < 4.78 is 18.7. The van der Waals surface area contributed by atoms with Crippen molar-refractivity contribution in [1.29, 1.82) is 0 Å². The quantitative estimate of drug-likeness (QED) is 0.428. The molecular formula is C18H11BrN4O4S. The molecule has 0 bridgehead atoms. The fourth-order valence-corrected chi connectivity index (χ4v) is 3.74. The van der Waals surface area contributed by atoms with E-state index < -0.39 is 0 Å². The van der Waals surface area contributed by atoms with Crippen molar-refractivity contribution in [2.75, 3.05) is 6.79 Å². The van der Waals surface area contributed by atoms with Gasteiger partial charge < -0.3 is 13.9 Å². The first-order chi connectivity index (χ1) is 13.7. The molecule has 0 amide bonds. The normalized spacial score (nSPS) is 12.6. The number of halogens is 1. The summed E-state index contributed by atoms with van der Waals surface area (Å²) in [4.78, 5) is 16.8. The van der Waals surface area contributed by atoms with Crippen molar-refractivity contribution < 1.29 is 13.9 Å². The Morgan fingerprint density at radius 1 is 1.11 bits per heavy atom. The van der Waals surface area contributed by atoms with Gasteiger partial charge in [-0.15, -0.1) is 10.2 Å². The van der Waals surface area contributed by atoms with Crippen molar-refractivity contribution in [2.24, 2.45) is 0 Å². The van der Waals surface area contributed by atoms with Crippen molar-refractivity contribution in [3.63, 3.8) is 0 Å². The van der Waals surface area contributed by atoms with E-state index in [0.29, 0.717) is 39.7 Å². The molecule has 140 valence electrons. The van der Waals surface area contributed by atoms with Crippen LogP contribution in [0, 0.1) is 0 Å². The molecule has 1 aromatic carbocycles. The lowest BCUT2D eigenvalue weighted by Gasteiger charge is -2.03. The first-order valence-corrected chi connectivity index (χ1v) is 9.98. The van der Waals surface area contributed by atoms with Crippen molar-refractivity contribution >= 4 is 33.3 Å². The second kappa shape index (κ2) is 6.95. The Morgan fingerprint density at radius 3 is 2.93 bits per heavy atom. The summed E-state index contributed by atoms with van der Waals surface area (Å²) in [6.07, 6.45) is 1.69. The molecule has 4 heterocycles. The van der Waals surface area contributed by atoms with Gasteiger partial charge in [-0.1, -0.05) is 11.8 Å². The highest BCUT2D eigenvalue weighted by molar-refractivity contribution is 9.10. The Morgan fingerprint density at radius 2 is 2.00 bits per heavy atom. The summed E-state index contributed by atoms with van der Waals surface area (Å²) in [5.41, 5.74) is 1.82. The molecular weight excluding hydrogens is 448 g/mol. The van der Waals surface area contributed by atoms with Crippen molar-refractivity contribution in [3.8, 4) is 23.0 Å². The third kappa shape index (κ3) is 3.25. The van der Waals surface area contributed by atoms with Gasteiger partial charge in [-0.25, -0.2) is 4.98 Å². The van der Waals surface area contributed by atoms with E-state index in [1.165, 1.54) is 22.2 Å². The Bertz CT molecular complexity index is 1260. The number of aromatic nitrogens is 4. The Labute approximate surface area is 170 Å². The predicted molar refractivity (Wildman–Crippen MR) is 105 cm³/mol. The number of rotatable bonds is 4. The number of thioether (sulfide) groups is 1. The van der Waals surface area contributed by atoms with Gasteiger partial charge in [0.1, 0.15) is 5.65 Å². The van der Waals surface area contributed by atoms with Gasteiger partial charge in [-0.3, -0.25) is 9.20 Å². The van der Waals surface area contributed by atoms with Gasteiger partial charge in [0, 0.05) is 28.1 Å². The van der Waals surface area contributed by atoms with Crippen LogP contribution in [0.15, 0.2) is 61.5 Å². The van der Waals surface area contributed by atoms with Crippen LogP contribution in [-0.2, 0) is 5.75 Å². The molecule has 0 saturated heterocycles. The lowest BCUT2D eigenvalue weighted by molar-refractivity contribution is 0.174.